The monoisotopic (exact) mass is 201 g/mol. The second-order valence-corrected chi connectivity index (χ2v) is 3.94. The number of benzene rings is 2. The summed E-state index contributed by atoms with van der Waals surface area (Å²) in [5, 5.41) is 12.2. The van der Waals surface area contributed by atoms with Crippen molar-refractivity contribution >= 4 is 10.8 Å². The summed E-state index contributed by atoms with van der Waals surface area (Å²) in [7, 11) is 3.72. The number of nitrogens with zero attached hydrogens (tertiary/aromatic N) is 1. The number of aliphatic hydroxyl groups is 1. The van der Waals surface area contributed by atoms with Crippen molar-refractivity contribution in [2.45, 2.75) is 6.23 Å². The lowest BCUT2D eigenvalue weighted by molar-refractivity contribution is 0.0396. The largest absolute Gasteiger partial charge is 0.374 e. The van der Waals surface area contributed by atoms with Crippen molar-refractivity contribution in [3.05, 3.63) is 48.0 Å². The summed E-state index contributed by atoms with van der Waals surface area (Å²) in [5.74, 6) is 0. The summed E-state index contributed by atoms with van der Waals surface area (Å²) < 4.78 is 0. The van der Waals surface area contributed by atoms with Gasteiger partial charge in [-0.25, -0.2) is 0 Å². The first-order valence-corrected chi connectivity index (χ1v) is 5.01. The van der Waals surface area contributed by atoms with Gasteiger partial charge in [-0.15, -0.1) is 0 Å². The molecule has 0 fully saturated rings. The van der Waals surface area contributed by atoms with Crippen molar-refractivity contribution in [3.63, 3.8) is 0 Å². The summed E-state index contributed by atoms with van der Waals surface area (Å²) in [4.78, 5) is 1.78. The predicted molar refractivity (Wildman–Crippen MR) is 62.6 cm³/mol. The molecule has 1 N–H and O–H groups in total. The zero-order chi connectivity index (χ0) is 10.8. The van der Waals surface area contributed by atoms with Crippen LogP contribution in [0.4, 0.5) is 0 Å². The highest BCUT2D eigenvalue weighted by molar-refractivity contribution is 5.83. The SMILES string of the molecule is CN(C)C(O)c1ccc2ccccc2c1. The molecule has 2 heteroatoms. The van der Waals surface area contributed by atoms with Gasteiger partial charge < -0.3 is 5.11 Å². The summed E-state index contributed by atoms with van der Waals surface area (Å²) in [6.45, 7) is 0. The third-order valence-corrected chi connectivity index (χ3v) is 2.56. The zero-order valence-electron chi connectivity index (χ0n) is 9.01. The Morgan fingerprint density at radius 1 is 1.00 bits per heavy atom. The van der Waals surface area contributed by atoms with Crippen molar-refractivity contribution in [3.8, 4) is 0 Å². The highest BCUT2D eigenvalue weighted by Crippen LogP contribution is 2.21. The number of hydrogen-bond donors (Lipinski definition) is 1. The van der Waals surface area contributed by atoms with Gasteiger partial charge >= 0.3 is 0 Å². The van der Waals surface area contributed by atoms with Gasteiger partial charge in [0.15, 0.2) is 0 Å². The maximum atomic E-state index is 9.88. The molecule has 1 unspecified atom stereocenters. The van der Waals surface area contributed by atoms with E-state index in [1.165, 1.54) is 5.39 Å². The molecule has 0 bridgehead atoms. The summed E-state index contributed by atoms with van der Waals surface area (Å²) in [6, 6.07) is 14.2. The maximum Gasteiger partial charge on any atom is 0.133 e. The standard InChI is InChI=1S/C13H15NO/c1-14(2)13(15)12-8-7-10-5-3-4-6-11(10)9-12/h3-9,13,15H,1-2H3. The lowest BCUT2D eigenvalue weighted by Gasteiger charge is -2.18. The molecule has 0 aliphatic heterocycles. The molecule has 0 amide bonds. The van der Waals surface area contributed by atoms with Crippen LogP contribution in [0.2, 0.25) is 0 Å². The average molecular weight is 201 g/mol. The Bertz CT molecular complexity index is 465. The second kappa shape index (κ2) is 4.01. The Morgan fingerprint density at radius 3 is 2.33 bits per heavy atom. The Morgan fingerprint density at radius 2 is 1.67 bits per heavy atom. The van der Waals surface area contributed by atoms with E-state index in [1.54, 1.807) is 4.90 Å². The van der Waals surface area contributed by atoms with E-state index >= 15 is 0 Å². The van der Waals surface area contributed by atoms with E-state index in [-0.39, 0.29) is 0 Å². The molecule has 1 atom stereocenters. The van der Waals surface area contributed by atoms with Crippen LogP contribution in [0.3, 0.4) is 0 Å². The van der Waals surface area contributed by atoms with Crippen molar-refractivity contribution in [1.82, 2.24) is 4.90 Å². The Kier molecular flexibility index (Phi) is 2.71. The van der Waals surface area contributed by atoms with Gasteiger partial charge in [-0.3, -0.25) is 4.90 Å². The van der Waals surface area contributed by atoms with Crippen LogP contribution in [0.15, 0.2) is 42.5 Å². The molecule has 0 spiro atoms. The fourth-order valence-corrected chi connectivity index (χ4v) is 1.67. The molecular formula is C13H15NO. The van der Waals surface area contributed by atoms with Gasteiger partial charge in [0.1, 0.15) is 6.23 Å². The summed E-state index contributed by atoms with van der Waals surface area (Å²) >= 11 is 0. The third kappa shape index (κ3) is 2.01. The molecule has 0 saturated carbocycles. The minimum Gasteiger partial charge on any atom is -0.374 e. The maximum absolute atomic E-state index is 9.88. The van der Waals surface area contributed by atoms with E-state index in [9.17, 15) is 5.11 Å². The Labute approximate surface area is 89.8 Å². The number of fused-ring (bicyclic) bond motifs is 1. The normalized spacial score (nSPS) is 13.3. The van der Waals surface area contributed by atoms with E-state index < -0.39 is 6.23 Å². The number of hydrogen-bond acceptors (Lipinski definition) is 2. The summed E-state index contributed by atoms with van der Waals surface area (Å²) in [6.07, 6.45) is -0.533. The molecule has 15 heavy (non-hydrogen) atoms. The van der Waals surface area contributed by atoms with Crippen LogP contribution >= 0.6 is 0 Å². The van der Waals surface area contributed by atoms with Gasteiger partial charge in [0.25, 0.3) is 0 Å². The van der Waals surface area contributed by atoms with Gasteiger partial charge in [0, 0.05) is 0 Å². The lowest BCUT2D eigenvalue weighted by Crippen LogP contribution is -2.18. The van der Waals surface area contributed by atoms with Crippen molar-refractivity contribution in [2.75, 3.05) is 14.1 Å². The molecule has 2 rings (SSSR count). The molecular weight excluding hydrogens is 186 g/mol. The van der Waals surface area contributed by atoms with Gasteiger partial charge in [-0.2, -0.15) is 0 Å². The fraction of sp³-hybridized carbons (Fsp3) is 0.231. The second-order valence-electron chi connectivity index (χ2n) is 3.94. The first-order valence-electron chi connectivity index (χ1n) is 5.01. The molecule has 0 radical (unpaired) electrons. The van der Waals surface area contributed by atoms with Crippen molar-refractivity contribution in [2.24, 2.45) is 0 Å². The smallest absolute Gasteiger partial charge is 0.133 e. The van der Waals surface area contributed by atoms with Gasteiger partial charge in [-0.1, -0.05) is 36.4 Å². The van der Waals surface area contributed by atoms with Crippen LogP contribution in [0.5, 0.6) is 0 Å². The van der Waals surface area contributed by atoms with Gasteiger partial charge in [0.2, 0.25) is 0 Å². The van der Waals surface area contributed by atoms with E-state index in [1.807, 2.05) is 44.4 Å². The molecule has 2 aromatic rings. The van der Waals surface area contributed by atoms with E-state index in [2.05, 4.69) is 12.1 Å². The van der Waals surface area contributed by atoms with Crippen LogP contribution in [-0.4, -0.2) is 24.1 Å². The van der Waals surface area contributed by atoms with Gasteiger partial charge in [0.05, 0.1) is 0 Å². The molecule has 0 saturated heterocycles. The number of aliphatic hydroxyl groups excluding tert-OH is 1. The van der Waals surface area contributed by atoms with Crippen LogP contribution in [0, 0.1) is 0 Å². The van der Waals surface area contributed by atoms with Crippen LogP contribution < -0.4 is 0 Å². The first kappa shape index (κ1) is 10.1. The van der Waals surface area contributed by atoms with Crippen molar-refractivity contribution in [1.29, 1.82) is 0 Å². The molecule has 2 nitrogen and oxygen atoms in total. The summed E-state index contributed by atoms with van der Waals surface area (Å²) in [5.41, 5.74) is 0.929. The first-order chi connectivity index (χ1) is 7.18. The molecule has 0 aliphatic rings. The van der Waals surface area contributed by atoms with Crippen LogP contribution in [0.25, 0.3) is 10.8 Å². The topological polar surface area (TPSA) is 23.5 Å². The minimum absolute atomic E-state index is 0.533. The predicted octanol–water partition coefficient (Wildman–Crippen LogP) is 2.39. The highest BCUT2D eigenvalue weighted by Gasteiger charge is 2.09. The highest BCUT2D eigenvalue weighted by atomic mass is 16.3. The minimum atomic E-state index is -0.533. The van der Waals surface area contributed by atoms with E-state index in [4.69, 9.17) is 0 Å². The molecule has 78 valence electrons. The lowest BCUT2D eigenvalue weighted by atomic mass is 10.1. The van der Waals surface area contributed by atoms with Crippen LogP contribution in [0.1, 0.15) is 11.8 Å². The quantitative estimate of drug-likeness (QED) is 0.754. The van der Waals surface area contributed by atoms with Crippen molar-refractivity contribution < 1.29 is 5.11 Å². The number of rotatable bonds is 2. The third-order valence-electron chi connectivity index (χ3n) is 2.56. The van der Waals surface area contributed by atoms with Crippen LogP contribution in [-0.2, 0) is 0 Å². The Hall–Kier alpha value is -1.38. The zero-order valence-corrected chi connectivity index (χ0v) is 9.01. The molecule has 0 heterocycles. The molecule has 0 aromatic heterocycles. The molecule has 2 aromatic carbocycles. The average Bonchev–Trinajstić information content (AvgIpc) is 2.27. The van der Waals surface area contributed by atoms with Gasteiger partial charge in [-0.05, 0) is 36.5 Å². The molecule has 0 aliphatic carbocycles. The van der Waals surface area contributed by atoms with E-state index in [0.717, 1.165) is 10.9 Å². The fourth-order valence-electron chi connectivity index (χ4n) is 1.67. The van der Waals surface area contributed by atoms with E-state index in [0.29, 0.717) is 0 Å². The Balaban J connectivity index is 2.47.